The molecule has 2 aromatic rings. The second kappa shape index (κ2) is 9.00. The van der Waals surface area contributed by atoms with Crippen LogP contribution < -0.4 is 5.32 Å². The number of halogens is 2. The van der Waals surface area contributed by atoms with Gasteiger partial charge in [-0.15, -0.1) is 0 Å². The van der Waals surface area contributed by atoms with Crippen LogP contribution >= 0.6 is 11.6 Å². The molecule has 2 aliphatic rings. The summed E-state index contributed by atoms with van der Waals surface area (Å²) in [6.07, 6.45) is 5.32. The first-order valence-electron chi connectivity index (χ1n) is 10.3. The van der Waals surface area contributed by atoms with E-state index >= 15 is 0 Å². The Bertz CT molecular complexity index is 931. The van der Waals surface area contributed by atoms with Gasteiger partial charge in [-0.05, 0) is 49.4 Å². The molecule has 1 aromatic carbocycles. The Balaban J connectivity index is 1.38. The zero-order valence-electron chi connectivity index (χ0n) is 16.6. The highest BCUT2D eigenvalue weighted by atomic mass is 35.5. The van der Waals surface area contributed by atoms with Gasteiger partial charge >= 0.3 is 0 Å². The van der Waals surface area contributed by atoms with Gasteiger partial charge in [-0.2, -0.15) is 0 Å². The van der Waals surface area contributed by atoms with Crippen LogP contribution in [0.2, 0.25) is 5.02 Å². The van der Waals surface area contributed by atoms with Crippen molar-refractivity contribution in [3.05, 3.63) is 58.5 Å². The maximum atomic E-state index is 13.1. The molecule has 30 heavy (non-hydrogen) atoms. The molecule has 6 nitrogen and oxygen atoms in total. The number of carbonyl (C=O) groups is 2. The summed E-state index contributed by atoms with van der Waals surface area (Å²) < 4.78 is 13.1. The number of piperidine rings is 1. The maximum Gasteiger partial charge on any atom is 0.255 e. The molecule has 4 rings (SSSR count). The Labute approximate surface area is 180 Å². The van der Waals surface area contributed by atoms with Crippen LogP contribution in [0.5, 0.6) is 0 Å². The average molecular weight is 431 g/mol. The standard InChI is InChI=1S/C22H24ClFN4O2/c23-18-12-16(21(29)27-9-2-1-3-10-27)13-25-20(18)26-19-8-11-28(22(19)30)14-15-4-6-17(24)7-5-15/h4-7,12-13,19H,1-3,8-11,14H2,(H,25,26). The highest BCUT2D eigenvalue weighted by molar-refractivity contribution is 6.33. The smallest absolute Gasteiger partial charge is 0.255 e. The van der Waals surface area contributed by atoms with Crippen LogP contribution in [0.4, 0.5) is 10.2 Å². The monoisotopic (exact) mass is 430 g/mol. The van der Waals surface area contributed by atoms with Crippen LogP contribution in [0, 0.1) is 5.82 Å². The van der Waals surface area contributed by atoms with Gasteiger partial charge in [-0.1, -0.05) is 23.7 Å². The fourth-order valence-electron chi connectivity index (χ4n) is 3.95. The van der Waals surface area contributed by atoms with Crippen LogP contribution in [-0.4, -0.2) is 52.3 Å². The van der Waals surface area contributed by atoms with E-state index in [0.29, 0.717) is 35.9 Å². The van der Waals surface area contributed by atoms with E-state index in [0.717, 1.165) is 37.9 Å². The molecule has 2 fully saturated rings. The molecule has 0 bridgehead atoms. The molecule has 158 valence electrons. The molecule has 1 N–H and O–H groups in total. The van der Waals surface area contributed by atoms with Gasteiger partial charge in [0, 0.05) is 32.4 Å². The summed E-state index contributed by atoms with van der Waals surface area (Å²) in [7, 11) is 0. The van der Waals surface area contributed by atoms with E-state index in [2.05, 4.69) is 10.3 Å². The van der Waals surface area contributed by atoms with E-state index in [4.69, 9.17) is 11.6 Å². The van der Waals surface area contributed by atoms with Crippen LogP contribution in [0.15, 0.2) is 36.5 Å². The third kappa shape index (κ3) is 4.56. The first-order valence-corrected chi connectivity index (χ1v) is 10.6. The molecule has 1 unspecified atom stereocenters. The number of likely N-dealkylation sites (tertiary alicyclic amines) is 2. The number of carbonyl (C=O) groups excluding carboxylic acids is 2. The third-order valence-corrected chi connectivity index (χ3v) is 5.91. The molecule has 3 heterocycles. The fraction of sp³-hybridized carbons (Fsp3) is 0.409. The summed E-state index contributed by atoms with van der Waals surface area (Å²) in [5.41, 5.74) is 1.34. The zero-order valence-corrected chi connectivity index (χ0v) is 17.4. The number of aromatic nitrogens is 1. The number of nitrogens with one attached hydrogen (secondary N) is 1. The van der Waals surface area contributed by atoms with E-state index in [1.807, 2.05) is 4.90 Å². The molecule has 8 heteroatoms. The molecule has 1 atom stereocenters. The Kier molecular flexibility index (Phi) is 6.18. The largest absolute Gasteiger partial charge is 0.357 e. The summed E-state index contributed by atoms with van der Waals surface area (Å²) >= 11 is 6.36. The summed E-state index contributed by atoms with van der Waals surface area (Å²) in [4.78, 5) is 33.2. The molecule has 0 saturated carbocycles. The van der Waals surface area contributed by atoms with Crippen molar-refractivity contribution < 1.29 is 14.0 Å². The number of benzene rings is 1. The Morgan fingerprint density at radius 1 is 1.17 bits per heavy atom. The number of nitrogens with zero attached hydrogens (tertiary/aromatic N) is 3. The molecular formula is C22H24ClFN4O2. The first kappa shape index (κ1) is 20.6. The van der Waals surface area contributed by atoms with E-state index in [-0.39, 0.29) is 17.6 Å². The number of anilines is 1. The third-order valence-electron chi connectivity index (χ3n) is 5.63. The number of hydrogen-bond donors (Lipinski definition) is 1. The van der Waals surface area contributed by atoms with Crippen molar-refractivity contribution in [2.75, 3.05) is 25.0 Å². The van der Waals surface area contributed by atoms with Crippen molar-refractivity contribution >= 4 is 29.2 Å². The molecule has 0 spiro atoms. The number of pyridine rings is 1. The van der Waals surface area contributed by atoms with Gasteiger partial charge in [-0.3, -0.25) is 9.59 Å². The van der Waals surface area contributed by atoms with Gasteiger partial charge in [0.25, 0.3) is 5.91 Å². The summed E-state index contributed by atoms with van der Waals surface area (Å²) in [5, 5.41) is 3.43. The maximum absolute atomic E-state index is 13.1. The topological polar surface area (TPSA) is 65.5 Å². The zero-order chi connectivity index (χ0) is 21.1. The van der Waals surface area contributed by atoms with Gasteiger partial charge in [0.1, 0.15) is 17.7 Å². The molecule has 0 aliphatic carbocycles. The van der Waals surface area contributed by atoms with E-state index < -0.39 is 6.04 Å². The predicted molar refractivity (Wildman–Crippen MR) is 113 cm³/mol. The van der Waals surface area contributed by atoms with Crippen molar-refractivity contribution in [3.8, 4) is 0 Å². The molecule has 0 radical (unpaired) electrons. The number of amides is 2. The molecule has 2 saturated heterocycles. The van der Waals surface area contributed by atoms with Gasteiger partial charge in [-0.25, -0.2) is 9.37 Å². The lowest BCUT2D eigenvalue weighted by molar-refractivity contribution is -0.128. The Morgan fingerprint density at radius 3 is 2.60 bits per heavy atom. The van der Waals surface area contributed by atoms with Crippen LogP contribution in [0.3, 0.4) is 0 Å². The predicted octanol–water partition coefficient (Wildman–Crippen LogP) is 3.71. The minimum absolute atomic E-state index is 0.0503. The highest BCUT2D eigenvalue weighted by Crippen LogP contribution is 2.25. The van der Waals surface area contributed by atoms with E-state index in [9.17, 15) is 14.0 Å². The van der Waals surface area contributed by atoms with Crippen molar-refractivity contribution in [2.45, 2.75) is 38.3 Å². The molecular weight excluding hydrogens is 407 g/mol. The van der Waals surface area contributed by atoms with Gasteiger partial charge < -0.3 is 15.1 Å². The highest BCUT2D eigenvalue weighted by Gasteiger charge is 2.32. The minimum atomic E-state index is -0.431. The molecule has 2 amide bonds. The SMILES string of the molecule is O=C(c1cnc(NC2CCN(Cc3ccc(F)cc3)C2=O)c(Cl)c1)N1CCCCC1. The summed E-state index contributed by atoms with van der Waals surface area (Å²) in [5.74, 6) is -0.00783. The molecule has 1 aromatic heterocycles. The van der Waals surface area contributed by atoms with Crippen molar-refractivity contribution in [3.63, 3.8) is 0 Å². The van der Waals surface area contributed by atoms with Crippen LogP contribution in [-0.2, 0) is 11.3 Å². The lowest BCUT2D eigenvalue weighted by Gasteiger charge is -2.26. The normalized spacial score (nSPS) is 19.3. The van der Waals surface area contributed by atoms with E-state index in [1.165, 1.54) is 18.3 Å². The fourth-order valence-corrected chi connectivity index (χ4v) is 4.17. The second-order valence-corrected chi connectivity index (χ2v) is 8.19. The summed E-state index contributed by atoms with van der Waals surface area (Å²) in [6, 6.07) is 7.33. The van der Waals surface area contributed by atoms with E-state index in [1.54, 1.807) is 23.1 Å². The van der Waals surface area contributed by atoms with Crippen molar-refractivity contribution in [1.29, 1.82) is 0 Å². The Hall–Kier alpha value is -2.67. The van der Waals surface area contributed by atoms with Gasteiger partial charge in [0.05, 0.1) is 10.6 Å². The first-order chi connectivity index (χ1) is 14.5. The van der Waals surface area contributed by atoms with Crippen molar-refractivity contribution in [2.24, 2.45) is 0 Å². The quantitative estimate of drug-likeness (QED) is 0.785. The van der Waals surface area contributed by atoms with Gasteiger partial charge in [0.2, 0.25) is 5.91 Å². The number of hydrogen-bond acceptors (Lipinski definition) is 4. The lowest BCUT2D eigenvalue weighted by Crippen LogP contribution is -2.35. The molecule has 2 aliphatic heterocycles. The second-order valence-electron chi connectivity index (χ2n) is 7.78. The van der Waals surface area contributed by atoms with Crippen molar-refractivity contribution in [1.82, 2.24) is 14.8 Å². The lowest BCUT2D eigenvalue weighted by atomic mass is 10.1. The van der Waals surface area contributed by atoms with Crippen LogP contribution in [0.1, 0.15) is 41.6 Å². The minimum Gasteiger partial charge on any atom is -0.357 e. The number of rotatable bonds is 5. The average Bonchev–Trinajstić information content (AvgIpc) is 3.10. The Morgan fingerprint density at radius 2 is 1.90 bits per heavy atom. The van der Waals surface area contributed by atoms with Gasteiger partial charge in [0.15, 0.2) is 0 Å². The van der Waals surface area contributed by atoms with Crippen LogP contribution in [0.25, 0.3) is 0 Å². The summed E-state index contributed by atoms with van der Waals surface area (Å²) in [6.45, 7) is 2.55.